The number of benzene rings is 1. The first-order valence-electron chi connectivity index (χ1n) is 9.02. The first-order chi connectivity index (χ1) is 12.0. The van der Waals surface area contributed by atoms with Gasteiger partial charge in [0.2, 0.25) is 5.91 Å². The van der Waals surface area contributed by atoms with E-state index in [0.29, 0.717) is 36.9 Å². The summed E-state index contributed by atoms with van der Waals surface area (Å²) in [4.78, 5) is 29.0. The van der Waals surface area contributed by atoms with Crippen LogP contribution in [0.1, 0.15) is 43.0 Å². The quantitative estimate of drug-likeness (QED) is 0.876. The average Bonchev–Trinajstić information content (AvgIpc) is 2.63. The summed E-state index contributed by atoms with van der Waals surface area (Å²) in [6.45, 7) is 5.01. The molecule has 1 aromatic carbocycles. The second kappa shape index (κ2) is 7.65. The second-order valence-corrected chi connectivity index (χ2v) is 7.67. The van der Waals surface area contributed by atoms with E-state index in [1.165, 1.54) is 12.1 Å². The number of phenolic OH excluding ortho intramolecular Hbond substituents is 1. The van der Waals surface area contributed by atoms with Crippen LogP contribution < -0.4 is 0 Å². The molecule has 2 heterocycles. The van der Waals surface area contributed by atoms with Crippen molar-refractivity contribution in [2.45, 2.75) is 32.6 Å². The van der Waals surface area contributed by atoms with Gasteiger partial charge in [0.15, 0.2) is 0 Å². The molecule has 0 atom stereocenters. The largest absolute Gasteiger partial charge is 0.507 e. The zero-order valence-electron chi connectivity index (χ0n) is 14.6. The van der Waals surface area contributed by atoms with Crippen molar-refractivity contribution in [1.29, 1.82) is 0 Å². The van der Waals surface area contributed by atoms with Crippen LogP contribution in [0.4, 0.5) is 0 Å². The Balaban J connectivity index is 1.57. The van der Waals surface area contributed by atoms with Crippen LogP contribution >= 0.6 is 11.6 Å². The average molecular weight is 365 g/mol. The van der Waals surface area contributed by atoms with E-state index in [-0.39, 0.29) is 29.0 Å². The number of nitrogens with zero attached hydrogens (tertiary/aromatic N) is 2. The minimum absolute atomic E-state index is 0.00501. The monoisotopic (exact) mass is 364 g/mol. The lowest BCUT2D eigenvalue weighted by molar-refractivity contribution is -0.138. The van der Waals surface area contributed by atoms with Crippen molar-refractivity contribution in [2.75, 3.05) is 26.2 Å². The highest BCUT2D eigenvalue weighted by Gasteiger charge is 2.32. The fraction of sp³-hybridized carbons (Fsp3) is 0.579. The van der Waals surface area contributed by atoms with Gasteiger partial charge in [0.25, 0.3) is 5.91 Å². The molecule has 1 aromatic rings. The van der Waals surface area contributed by atoms with Crippen LogP contribution in [0.15, 0.2) is 18.2 Å². The maximum atomic E-state index is 12.7. The Morgan fingerprint density at radius 1 is 1.04 bits per heavy atom. The fourth-order valence-electron chi connectivity index (χ4n) is 3.67. The summed E-state index contributed by atoms with van der Waals surface area (Å²) >= 11 is 5.93. The maximum Gasteiger partial charge on any atom is 0.257 e. The van der Waals surface area contributed by atoms with Crippen LogP contribution in [0.25, 0.3) is 0 Å². The maximum absolute atomic E-state index is 12.7. The fourth-order valence-corrected chi connectivity index (χ4v) is 3.84. The van der Waals surface area contributed by atoms with Crippen molar-refractivity contribution in [2.24, 2.45) is 11.8 Å². The molecule has 2 amide bonds. The molecular weight excluding hydrogens is 340 g/mol. The molecule has 2 fully saturated rings. The van der Waals surface area contributed by atoms with Gasteiger partial charge in [-0.25, -0.2) is 0 Å². The van der Waals surface area contributed by atoms with Gasteiger partial charge in [-0.2, -0.15) is 0 Å². The molecule has 2 aliphatic rings. The Hall–Kier alpha value is -1.75. The van der Waals surface area contributed by atoms with Crippen molar-refractivity contribution in [3.8, 4) is 5.75 Å². The van der Waals surface area contributed by atoms with Crippen LogP contribution in [-0.2, 0) is 4.79 Å². The molecule has 136 valence electrons. The molecule has 0 radical (unpaired) electrons. The van der Waals surface area contributed by atoms with Crippen molar-refractivity contribution in [1.82, 2.24) is 9.80 Å². The van der Waals surface area contributed by atoms with E-state index in [9.17, 15) is 14.7 Å². The van der Waals surface area contributed by atoms with Gasteiger partial charge in [-0.15, -0.1) is 0 Å². The van der Waals surface area contributed by atoms with Gasteiger partial charge < -0.3 is 14.9 Å². The zero-order chi connectivity index (χ0) is 18.0. The summed E-state index contributed by atoms with van der Waals surface area (Å²) in [7, 11) is 0. The van der Waals surface area contributed by atoms with Crippen LogP contribution in [0.3, 0.4) is 0 Å². The first kappa shape index (κ1) is 18.1. The number of amides is 2. The van der Waals surface area contributed by atoms with Crippen LogP contribution in [0.2, 0.25) is 5.02 Å². The number of hydrogen-bond acceptors (Lipinski definition) is 3. The summed E-state index contributed by atoms with van der Waals surface area (Å²) in [5, 5.41) is 10.3. The molecule has 0 saturated carbocycles. The molecule has 1 N–H and O–H groups in total. The topological polar surface area (TPSA) is 60.9 Å². The minimum Gasteiger partial charge on any atom is -0.507 e. The number of hydrogen-bond donors (Lipinski definition) is 1. The van der Waals surface area contributed by atoms with Crippen molar-refractivity contribution in [3.63, 3.8) is 0 Å². The smallest absolute Gasteiger partial charge is 0.257 e. The molecule has 3 rings (SSSR count). The highest BCUT2D eigenvalue weighted by Crippen LogP contribution is 2.27. The molecule has 6 heteroatoms. The highest BCUT2D eigenvalue weighted by atomic mass is 35.5. The lowest BCUT2D eigenvalue weighted by Gasteiger charge is -2.36. The standard InChI is InChI=1S/C19H25ClN2O3/c1-13-4-8-21(9-5-13)18(24)14-6-10-22(11-7-14)19(25)16-12-15(20)2-3-17(16)23/h2-3,12-14,23H,4-11H2,1H3. The summed E-state index contributed by atoms with van der Waals surface area (Å²) in [6.07, 6.45) is 3.52. The van der Waals surface area contributed by atoms with Gasteiger partial charge in [-0.1, -0.05) is 18.5 Å². The molecular formula is C19H25ClN2O3. The predicted octanol–water partition coefficient (Wildman–Crippen LogP) is 3.16. The molecule has 2 saturated heterocycles. The third-order valence-electron chi connectivity index (χ3n) is 5.42. The van der Waals surface area contributed by atoms with Gasteiger partial charge in [-0.05, 0) is 49.8 Å². The van der Waals surface area contributed by atoms with Crippen molar-refractivity contribution in [3.05, 3.63) is 28.8 Å². The Labute approximate surface area is 153 Å². The van der Waals surface area contributed by atoms with Crippen molar-refractivity contribution < 1.29 is 14.7 Å². The second-order valence-electron chi connectivity index (χ2n) is 7.24. The SMILES string of the molecule is CC1CCN(C(=O)C2CCN(C(=O)c3cc(Cl)ccc3O)CC2)CC1. The normalized spacial score (nSPS) is 19.9. The number of carbonyl (C=O) groups excluding carboxylic acids is 2. The summed E-state index contributed by atoms with van der Waals surface area (Å²) in [5.41, 5.74) is 0.224. The lowest BCUT2D eigenvalue weighted by atomic mass is 9.92. The number of piperidine rings is 2. The first-order valence-corrected chi connectivity index (χ1v) is 9.40. The van der Waals surface area contributed by atoms with Crippen molar-refractivity contribution >= 4 is 23.4 Å². The Morgan fingerprint density at radius 3 is 2.28 bits per heavy atom. The van der Waals surface area contributed by atoms with Gasteiger partial charge >= 0.3 is 0 Å². The number of rotatable bonds is 2. The van der Waals surface area contributed by atoms with E-state index < -0.39 is 0 Å². The van der Waals surface area contributed by atoms with Gasteiger partial charge in [0, 0.05) is 37.1 Å². The van der Waals surface area contributed by atoms with E-state index in [4.69, 9.17) is 11.6 Å². The highest BCUT2D eigenvalue weighted by molar-refractivity contribution is 6.31. The van der Waals surface area contributed by atoms with E-state index >= 15 is 0 Å². The molecule has 0 unspecified atom stereocenters. The van der Waals surface area contributed by atoms with E-state index in [1.807, 2.05) is 4.90 Å². The number of phenols is 1. The summed E-state index contributed by atoms with van der Waals surface area (Å²) in [6, 6.07) is 4.48. The van der Waals surface area contributed by atoms with Crippen LogP contribution in [0.5, 0.6) is 5.75 Å². The van der Waals surface area contributed by atoms with Crippen LogP contribution in [0, 0.1) is 11.8 Å². The predicted molar refractivity (Wildman–Crippen MR) is 96.7 cm³/mol. The lowest BCUT2D eigenvalue weighted by Crippen LogP contribution is -2.46. The Morgan fingerprint density at radius 2 is 1.64 bits per heavy atom. The van der Waals surface area contributed by atoms with E-state index in [1.54, 1.807) is 11.0 Å². The van der Waals surface area contributed by atoms with Gasteiger partial charge in [0.05, 0.1) is 5.56 Å². The summed E-state index contributed by atoms with van der Waals surface area (Å²) in [5.74, 6) is 0.664. The molecule has 25 heavy (non-hydrogen) atoms. The molecule has 0 aromatic heterocycles. The number of halogens is 1. The van der Waals surface area contributed by atoms with Gasteiger partial charge in [-0.3, -0.25) is 9.59 Å². The van der Waals surface area contributed by atoms with E-state index in [0.717, 1.165) is 25.9 Å². The molecule has 0 aliphatic carbocycles. The van der Waals surface area contributed by atoms with Gasteiger partial charge in [0.1, 0.15) is 5.75 Å². The minimum atomic E-state index is -0.224. The molecule has 5 nitrogen and oxygen atoms in total. The summed E-state index contributed by atoms with van der Waals surface area (Å²) < 4.78 is 0. The molecule has 2 aliphatic heterocycles. The number of carbonyl (C=O) groups is 2. The zero-order valence-corrected chi connectivity index (χ0v) is 15.3. The third-order valence-corrected chi connectivity index (χ3v) is 5.65. The van der Waals surface area contributed by atoms with Crippen LogP contribution in [-0.4, -0.2) is 52.9 Å². The van der Waals surface area contributed by atoms with E-state index in [2.05, 4.69) is 6.92 Å². The number of likely N-dealkylation sites (tertiary alicyclic amines) is 2. The molecule has 0 spiro atoms. The Kier molecular flexibility index (Phi) is 5.52. The molecule has 0 bridgehead atoms. The number of aromatic hydroxyl groups is 1. The Bertz CT molecular complexity index is 648. The third kappa shape index (κ3) is 4.09.